The highest BCUT2D eigenvalue weighted by atomic mass is 35.5. The van der Waals surface area contributed by atoms with E-state index in [1.54, 1.807) is 13.0 Å². The molecule has 7 nitrogen and oxygen atoms in total. The van der Waals surface area contributed by atoms with E-state index in [0.717, 1.165) is 5.69 Å². The van der Waals surface area contributed by atoms with Crippen molar-refractivity contribution < 1.29 is 23.8 Å². The lowest BCUT2D eigenvalue weighted by Gasteiger charge is -2.10. The Balaban J connectivity index is 1.74. The maximum absolute atomic E-state index is 13.1. The fourth-order valence-corrected chi connectivity index (χ4v) is 3.76. The SMILES string of the molecule is C[C@H](CC(=O)O)CC(=O)c1c(CCOCC#Cc2ccc(F)nc2)n(C)c2ncc(Cl)cc12. The predicted octanol–water partition coefficient (Wildman–Crippen LogP) is 4.06. The van der Waals surface area contributed by atoms with Crippen molar-refractivity contribution >= 4 is 34.4 Å². The van der Waals surface area contributed by atoms with E-state index < -0.39 is 11.9 Å². The monoisotopic (exact) mass is 471 g/mol. The molecule has 172 valence electrons. The number of hydrogen-bond donors (Lipinski definition) is 1. The molecule has 3 aromatic rings. The van der Waals surface area contributed by atoms with Crippen molar-refractivity contribution in [3.8, 4) is 11.8 Å². The molecular formula is C24H23ClFN3O4. The lowest BCUT2D eigenvalue weighted by Crippen LogP contribution is -2.13. The van der Waals surface area contributed by atoms with E-state index in [1.165, 1.54) is 24.5 Å². The Morgan fingerprint density at radius 2 is 2.06 bits per heavy atom. The number of pyridine rings is 2. The number of aryl methyl sites for hydroxylation is 1. The molecule has 0 fully saturated rings. The Morgan fingerprint density at radius 1 is 1.27 bits per heavy atom. The van der Waals surface area contributed by atoms with Crippen LogP contribution >= 0.6 is 11.6 Å². The van der Waals surface area contributed by atoms with Crippen LogP contribution in [0, 0.1) is 23.7 Å². The van der Waals surface area contributed by atoms with Gasteiger partial charge in [0, 0.05) is 60.9 Å². The van der Waals surface area contributed by atoms with Crippen molar-refractivity contribution in [3.63, 3.8) is 0 Å². The standard InChI is InChI=1S/C24H23ClFN3O4/c1-15(11-22(31)32)10-20(30)23-18-12-17(25)14-28-24(18)29(2)19(23)7-9-33-8-3-4-16-5-6-21(26)27-13-16/h5-6,12-15H,7-11H2,1-2H3,(H,31,32)/t15-/m0/s1. The number of carbonyl (C=O) groups excluding carboxylic acids is 1. The first kappa shape index (κ1) is 24.4. The number of ether oxygens (including phenoxy) is 1. The number of carboxylic acid groups (broad SMARTS) is 1. The Hall–Kier alpha value is -3.28. The molecule has 0 saturated carbocycles. The molecular weight excluding hydrogens is 449 g/mol. The molecule has 33 heavy (non-hydrogen) atoms. The molecule has 0 saturated heterocycles. The third-order valence-electron chi connectivity index (χ3n) is 5.07. The molecule has 1 N–H and O–H groups in total. The molecule has 3 aromatic heterocycles. The van der Waals surface area contributed by atoms with Gasteiger partial charge in [-0.25, -0.2) is 9.97 Å². The highest BCUT2D eigenvalue weighted by molar-refractivity contribution is 6.31. The first-order valence-electron chi connectivity index (χ1n) is 10.3. The van der Waals surface area contributed by atoms with Crippen LogP contribution in [-0.4, -0.2) is 44.6 Å². The van der Waals surface area contributed by atoms with Gasteiger partial charge in [-0.05, 0) is 24.1 Å². The van der Waals surface area contributed by atoms with Gasteiger partial charge in [0.1, 0.15) is 12.3 Å². The number of carboxylic acids is 1. The molecule has 3 heterocycles. The lowest BCUT2D eigenvalue weighted by atomic mass is 9.95. The number of hydrogen-bond acceptors (Lipinski definition) is 5. The van der Waals surface area contributed by atoms with Crippen LogP contribution in [0.3, 0.4) is 0 Å². The maximum atomic E-state index is 13.1. The number of carbonyl (C=O) groups is 2. The topological polar surface area (TPSA) is 94.3 Å². The zero-order valence-electron chi connectivity index (χ0n) is 18.3. The van der Waals surface area contributed by atoms with Gasteiger partial charge in [0.15, 0.2) is 5.78 Å². The molecule has 3 rings (SSSR count). The van der Waals surface area contributed by atoms with Crippen molar-refractivity contribution in [3.05, 3.63) is 58.4 Å². The molecule has 0 unspecified atom stereocenters. The summed E-state index contributed by atoms with van der Waals surface area (Å²) < 4.78 is 20.3. The van der Waals surface area contributed by atoms with Crippen LogP contribution in [0.1, 0.15) is 41.4 Å². The number of halogens is 2. The molecule has 0 bridgehead atoms. The van der Waals surface area contributed by atoms with E-state index in [1.807, 2.05) is 11.6 Å². The van der Waals surface area contributed by atoms with Crippen LogP contribution < -0.4 is 0 Å². The smallest absolute Gasteiger partial charge is 0.303 e. The molecule has 0 aromatic carbocycles. The van der Waals surface area contributed by atoms with Crippen LogP contribution in [0.15, 0.2) is 30.6 Å². The predicted molar refractivity (Wildman–Crippen MR) is 122 cm³/mol. The van der Waals surface area contributed by atoms with Gasteiger partial charge < -0.3 is 14.4 Å². The number of aliphatic carboxylic acids is 1. The average Bonchev–Trinajstić information content (AvgIpc) is 3.02. The summed E-state index contributed by atoms with van der Waals surface area (Å²) in [7, 11) is 1.82. The Morgan fingerprint density at radius 3 is 2.76 bits per heavy atom. The van der Waals surface area contributed by atoms with Gasteiger partial charge in [-0.2, -0.15) is 4.39 Å². The zero-order valence-corrected chi connectivity index (χ0v) is 19.0. The van der Waals surface area contributed by atoms with Crippen molar-refractivity contribution in [1.82, 2.24) is 14.5 Å². The summed E-state index contributed by atoms with van der Waals surface area (Å²) in [6.45, 7) is 2.20. The van der Waals surface area contributed by atoms with Gasteiger partial charge >= 0.3 is 5.97 Å². The molecule has 0 aliphatic heterocycles. The van der Waals surface area contributed by atoms with E-state index in [9.17, 15) is 14.0 Å². The minimum absolute atomic E-state index is 0.0871. The molecule has 0 radical (unpaired) electrons. The van der Waals surface area contributed by atoms with E-state index in [-0.39, 0.29) is 31.1 Å². The molecule has 0 aliphatic rings. The molecule has 0 aliphatic carbocycles. The molecule has 9 heteroatoms. The minimum Gasteiger partial charge on any atom is -0.481 e. The summed E-state index contributed by atoms with van der Waals surface area (Å²) in [5.74, 6) is 3.72. The van der Waals surface area contributed by atoms with Gasteiger partial charge in [-0.3, -0.25) is 9.59 Å². The highest BCUT2D eigenvalue weighted by Crippen LogP contribution is 2.29. The first-order valence-corrected chi connectivity index (χ1v) is 10.7. The first-order chi connectivity index (χ1) is 15.8. The van der Waals surface area contributed by atoms with Gasteiger partial charge in [0.2, 0.25) is 5.95 Å². The second kappa shape index (κ2) is 11.0. The van der Waals surface area contributed by atoms with Crippen molar-refractivity contribution in [1.29, 1.82) is 0 Å². The van der Waals surface area contributed by atoms with E-state index >= 15 is 0 Å². The quantitative estimate of drug-likeness (QED) is 0.219. The number of Topliss-reactive ketones (excluding diaryl/α,β-unsaturated/α-hetero) is 1. The summed E-state index contributed by atoms with van der Waals surface area (Å²) >= 11 is 6.13. The van der Waals surface area contributed by atoms with Gasteiger partial charge in [-0.1, -0.05) is 30.4 Å². The van der Waals surface area contributed by atoms with Crippen molar-refractivity contribution in [2.45, 2.75) is 26.2 Å². The largest absolute Gasteiger partial charge is 0.481 e. The third kappa shape index (κ3) is 6.37. The van der Waals surface area contributed by atoms with Crippen LogP contribution in [-0.2, 0) is 23.0 Å². The van der Waals surface area contributed by atoms with Crippen LogP contribution in [0.5, 0.6) is 0 Å². The number of nitrogens with zero attached hydrogens (tertiary/aromatic N) is 3. The highest BCUT2D eigenvalue weighted by Gasteiger charge is 2.24. The van der Waals surface area contributed by atoms with E-state index in [0.29, 0.717) is 40.2 Å². The summed E-state index contributed by atoms with van der Waals surface area (Å²) in [4.78, 5) is 32.0. The number of fused-ring (bicyclic) bond motifs is 1. The summed E-state index contributed by atoms with van der Waals surface area (Å²) in [6, 6.07) is 4.47. The van der Waals surface area contributed by atoms with Gasteiger partial charge in [0.25, 0.3) is 0 Å². The fraction of sp³-hybridized carbons (Fsp3) is 0.333. The zero-order chi connectivity index (χ0) is 24.0. The fourth-order valence-electron chi connectivity index (χ4n) is 3.61. The summed E-state index contributed by atoms with van der Waals surface area (Å²) in [6.07, 6.45) is 3.31. The van der Waals surface area contributed by atoms with Gasteiger partial charge in [-0.15, -0.1) is 0 Å². The van der Waals surface area contributed by atoms with Crippen LogP contribution in [0.25, 0.3) is 11.0 Å². The van der Waals surface area contributed by atoms with Crippen molar-refractivity contribution in [2.75, 3.05) is 13.2 Å². The molecule has 0 amide bonds. The lowest BCUT2D eigenvalue weighted by molar-refractivity contribution is -0.137. The van der Waals surface area contributed by atoms with E-state index in [4.69, 9.17) is 21.4 Å². The normalized spacial score (nSPS) is 11.8. The molecule has 0 spiro atoms. The second-order valence-electron chi connectivity index (χ2n) is 7.71. The number of ketones is 1. The number of aromatic nitrogens is 3. The van der Waals surface area contributed by atoms with Crippen molar-refractivity contribution in [2.24, 2.45) is 13.0 Å². The van der Waals surface area contributed by atoms with Crippen LogP contribution in [0.2, 0.25) is 5.02 Å². The Kier molecular flexibility index (Phi) is 8.15. The minimum atomic E-state index is -0.941. The second-order valence-corrected chi connectivity index (χ2v) is 8.15. The molecule has 1 atom stereocenters. The van der Waals surface area contributed by atoms with E-state index in [2.05, 4.69) is 21.8 Å². The average molecular weight is 472 g/mol. The third-order valence-corrected chi connectivity index (χ3v) is 5.27. The summed E-state index contributed by atoms with van der Waals surface area (Å²) in [5, 5.41) is 10.1. The van der Waals surface area contributed by atoms with Crippen LogP contribution in [0.4, 0.5) is 4.39 Å². The maximum Gasteiger partial charge on any atom is 0.303 e. The number of rotatable bonds is 9. The summed E-state index contributed by atoms with van der Waals surface area (Å²) in [5.41, 5.74) is 2.43. The Labute approximate surface area is 195 Å². The van der Waals surface area contributed by atoms with Gasteiger partial charge in [0.05, 0.1) is 11.6 Å². The Bertz CT molecular complexity index is 1230.